The van der Waals surface area contributed by atoms with Crippen LogP contribution in [0.5, 0.6) is 11.5 Å². The zero-order valence-corrected chi connectivity index (χ0v) is 11.8. The molecule has 2 N–H and O–H groups in total. The molecule has 6 heteroatoms. The van der Waals surface area contributed by atoms with Crippen molar-refractivity contribution in [1.29, 1.82) is 0 Å². The third-order valence-electron chi connectivity index (χ3n) is 3.03. The Labute approximate surface area is 122 Å². The first-order valence-corrected chi connectivity index (χ1v) is 6.76. The first kappa shape index (κ1) is 15.3. The fourth-order valence-electron chi connectivity index (χ4n) is 1.95. The molecule has 0 aliphatic heterocycles. The van der Waals surface area contributed by atoms with Crippen molar-refractivity contribution in [2.45, 2.75) is 12.8 Å². The monoisotopic (exact) mass is 291 g/mol. The molecule has 0 unspecified atom stereocenters. The smallest absolute Gasteiger partial charge is 0.149 e. The van der Waals surface area contributed by atoms with Gasteiger partial charge in [0, 0.05) is 19.2 Å². The van der Waals surface area contributed by atoms with Crippen molar-refractivity contribution in [1.82, 2.24) is 15.5 Å². The number of hydrogen-bond donors (Lipinski definition) is 2. The molecule has 0 spiro atoms. The second kappa shape index (κ2) is 7.66. The van der Waals surface area contributed by atoms with E-state index in [9.17, 15) is 4.39 Å². The van der Waals surface area contributed by atoms with Crippen LogP contribution in [0, 0.1) is 5.82 Å². The van der Waals surface area contributed by atoms with Gasteiger partial charge in [0.1, 0.15) is 17.3 Å². The van der Waals surface area contributed by atoms with E-state index in [2.05, 4.69) is 15.5 Å². The topological polar surface area (TPSA) is 67.3 Å². The summed E-state index contributed by atoms with van der Waals surface area (Å²) in [7, 11) is 0. The predicted octanol–water partition coefficient (Wildman–Crippen LogP) is 2.09. The van der Waals surface area contributed by atoms with Gasteiger partial charge in [0.15, 0.2) is 0 Å². The SMILES string of the molecule is C[C@@H](CNCCO)c1cc(Oc2ccnnc2)ccc1F. The van der Waals surface area contributed by atoms with E-state index in [0.29, 0.717) is 30.2 Å². The van der Waals surface area contributed by atoms with Gasteiger partial charge in [-0.3, -0.25) is 0 Å². The first-order chi connectivity index (χ1) is 10.2. The molecule has 0 radical (unpaired) electrons. The standard InChI is InChI=1S/C15H18FN3O2/c1-11(9-17-6-7-20)14-8-12(2-3-15(14)16)21-13-4-5-18-19-10-13/h2-5,8,10-11,17,20H,6-7,9H2,1H3/t11-/m0/s1. The van der Waals surface area contributed by atoms with Crippen LogP contribution >= 0.6 is 0 Å². The Kier molecular flexibility index (Phi) is 5.59. The summed E-state index contributed by atoms with van der Waals surface area (Å²) in [5, 5.41) is 19.2. The number of aliphatic hydroxyl groups is 1. The van der Waals surface area contributed by atoms with Gasteiger partial charge >= 0.3 is 0 Å². The second-order valence-electron chi connectivity index (χ2n) is 4.69. The highest BCUT2D eigenvalue weighted by Gasteiger charge is 2.12. The lowest BCUT2D eigenvalue weighted by atomic mass is 10.0. The molecule has 112 valence electrons. The van der Waals surface area contributed by atoms with E-state index in [4.69, 9.17) is 9.84 Å². The van der Waals surface area contributed by atoms with Crippen LogP contribution in [0.25, 0.3) is 0 Å². The van der Waals surface area contributed by atoms with Crippen molar-refractivity contribution >= 4 is 0 Å². The molecule has 21 heavy (non-hydrogen) atoms. The fraction of sp³-hybridized carbons (Fsp3) is 0.333. The Bertz CT molecular complexity index is 566. The minimum atomic E-state index is -0.270. The van der Waals surface area contributed by atoms with Crippen LogP contribution in [0.2, 0.25) is 0 Å². The Balaban J connectivity index is 2.09. The highest BCUT2D eigenvalue weighted by molar-refractivity contribution is 5.35. The van der Waals surface area contributed by atoms with Gasteiger partial charge in [0.05, 0.1) is 19.0 Å². The maximum absolute atomic E-state index is 13.9. The maximum atomic E-state index is 13.9. The molecular weight excluding hydrogens is 273 g/mol. The lowest BCUT2D eigenvalue weighted by molar-refractivity contribution is 0.291. The largest absolute Gasteiger partial charge is 0.456 e. The Hall–Kier alpha value is -2.05. The molecule has 5 nitrogen and oxygen atoms in total. The zero-order valence-electron chi connectivity index (χ0n) is 11.8. The third kappa shape index (κ3) is 4.47. The molecule has 1 heterocycles. The quantitative estimate of drug-likeness (QED) is 0.765. The number of aliphatic hydroxyl groups excluding tert-OH is 1. The van der Waals surface area contributed by atoms with Gasteiger partial charge in [0.2, 0.25) is 0 Å². The van der Waals surface area contributed by atoms with E-state index in [1.165, 1.54) is 18.5 Å². The summed E-state index contributed by atoms with van der Waals surface area (Å²) in [6.45, 7) is 3.05. The summed E-state index contributed by atoms with van der Waals surface area (Å²) in [6.07, 6.45) is 3.02. The summed E-state index contributed by atoms with van der Waals surface area (Å²) in [5.74, 6) is 0.797. The fourth-order valence-corrected chi connectivity index (χ4v) is 1.95. The van der Waals surface area contributed by atoms with E-state index in [1.54, 1.807) is 18.2 Å². The van der Waals surface area contributed by atoms with Gasteiger partial charge in [-0.05, 0) is 29.7 Å². The summed E-state index contributed by atoms with van der Waals surface area (Å²) in [5.41, 5.74) is 0.569. The second-order valence-corrected chi connectivity index (χ2v) is 4.69. The molecule has 2 aromatic rings. The summed E-state index contributed by atoms with van der Waals surface area (Å²) in [6, 6.07) is 6.33. The van der Waals surface area contributed by atoms with E-state index in [0.717, 1.165) is 0 Å². The number of nitrogens with zero attached hydrogens (tertiary/aromatic N) is 2. The maximum Gasteiger partial charge on any atom is 0.149 e. The van der Waals surface area contributed by atoms with Gasteiger partial charge < -0.3 is 15.2 Å². The molecule has 0 fully saturated rings. The van der Waals surface area contributed by atoms with E-state index in [-0.39, 0.29) is 18.3 Å². The number of aromatic nitrogens is 2. The van der Waals surface area contributed by atoms with Gasteiger partial charge in [-0.25, -0.2) is 4.39 Å². The average molecular weight is 291 g/mol. The normalized spacial score (nSPS) is 12.1. The molecule has 0 saturated heterocycles. The highest BCUT2D eigenvalue weighted by Crippen LogP contribution is 2.26. The van der Waals surface area contributed by atoms with Crippen molar-refractivity contribution in [3.05, 3.63) is 48.0 Å². The molecule has 0 amide bonds. The van der Waals surface area contributed by atoms with Gasteiger partial charge in [-0.15, -0.1) is 0 Å². The number of rotatable bonds is 7. The van der Waals surface area contributed by atoms with E-state index in [1.807, 2.05) is 6.92 Å². The van der Waals surface area contributed by atoms with Crippen LogP contribution in [0.1, 0.15) is 18.4 Å². The third-order valence-corrected chi connectivity index (χ3v) is 3.03. The van der Waals surface area contributed by atoms with Crippen LogP contribution in [-0.2, 0) is 0 Å². The zero-order chi connectivity index (χ0) is 15.1. The Morgan fingerprint density at radius 3 is 2.86 bits per heavy atom. The van der Waals surface area contributed by atoms with Gasteiger partial charge in [-0.2, -0.15) is 10.2 Å². The van der Waals surface area contributed by atoms with Crippen LogP contribution in [0.15, 0.2) is 36.7 Å². The van der Waals surface area contributed by atoms with Gasteiger partial charge in [-0.1, -0.05) is 6.92 Å². The molecular formula is C15H18FN3O2. The van der Waals surface area contributed by atoms with Crippen molar-refractivity contribution in [3.63, 3.8) is 0 Å². The van der Waals surface area contributed by atoms with Crippen LogP contribution in [0.3, 0.4) is 0 Å². The molecule has 2 rings (SSSR count). The molecule has 1 aromatic heterocycles. The van der Waals surface area contributed by atoms with Crippen molar-refractivity contribution in [3.8, 4) is 11.5 Å². The number of hydrogen-bond acceptors (Lipinski definition) is 5. The first-order valence-electron chi connectivity index (χ1n) is 6.76. The van der Waals surface area contributed by atoms with Crippen LogP contribution in [0.4, 0.5) is 4.39 Å². The van der Waals surface area contributed by atoms with Gasteiger partial charge in [0.25, 0.3) is 0 Å². The molecule has 1 aromatic carbocycles. The van der Waals surface area contributed by atoms with E-state index < -0.39 is 0 Å². The molecule has 0 aliphatic carbocycles. The minimum Gasteiger partial charge on any atom is -0.456 e. The Morgan fingerprint density at radius 1 is 1.29 bits per heavy atom. The number of benzene rings is 1. The van der Waals surface area contributed by atoms with Crippen molar-refractivity contribution in [2.75, 3.05) is 19.7 Å². The van der Waals surface area contributed by atoms with Crippen molar-refractivity contribution < 1.29 is 14.2 Å². The predicted molar refractivity (Wildman–Crippen MR) is 76.9 cm³/mol. The van der Waals surface area contributed by atoms with Crippen LogP contribution in [-0.4, -0.2) is 35.0 Å². The van der Waals surface area contributed by atoms with E-state index >= 15 is 0 Å². The molecule has 0 bridgehead atoms. The summed E-state index contributed by atoms with van der Waals surface area (Å²) in [4.78, 5) is 0. The van der Waals surface area contributed by atoms with Crippen molar-refractivity contribution in [2.24, 2.45) is 0 Å². The Morgan fingerprint density at radius 2 is 2.14 bits per heavy atom. The summed E-state index contributed by atoms with van der Waals surface area (Å²) < 4.78 is 19.5. The lowest BCUT2D eigenvalue weighted by Crippen LogP contribution is -2.23. The number of halogens is 1. The lowest BCUT2D eigenvalue weighted by Gasteiger charge is -2.15. The number of ether oxygens (including phenoxy) is 1. The highest BCUT2D eigenvalue weighted by atomic mass is 19.1. The summed E-state index contributed by atoms with van der Waals surface area (Å²) >= 11 is 0. The molecule has 1 atom stereocenters. The average Bonchev–Trinajstić information content (AvgIpc) is 2.50. The minimum absolute atomic E-state index is 0.0318. The molecule has 0 saturated carbocycles. The number of nitrogens with one attached hydrogen (secondary N) is 1. The molecule has 0 aliphatic rings. The van der Waals surface area contributed by atoms with Crippen LogP contribution < -0.4 is 10.1 Å².